The second-order valence-electron chi connectivity index (χ2n) is 4.89. The summed E-state index contributed by atoms with van der Waals surface area (Å²) < 4.78 is 0. The minimum absolute atomic E-state index is 0.0670. The third-order valence-corrected chi connectivity index (χ3v) is 4.22. The number of carbonyl (C=O) groups excluding carboxylic acids is 1. The summed E-state index contributed by atoms with van der Waals surface area (Å²) in [6.07, 6.45) is 2.02. The van der Waals surface area contributed by atoms with Gasteiger partial charge in [0.2, 0.25) is 5.91 Å². The van der Waals surface area contributed by atoms with Gasteiger partial charge < -0.3 is 5.32 Å². The fourth-order valence-electron chi connectivity index (χ4n) is 2.02. The number of hydrogen-bond donors (Lipinski definition) is 1. The maximum Gasteiger partial charge on any atom is 0.234 e. The quantitative estimate of drug-likeness (QED) is 0.778. The summed E-state index contributed by atoms with van der Waals surface area (Å²) in [4.78, 5) is 11.8. The molecule has 1 amide bonds. The molecule has 0 unspecified atom stereocenters. The van der Waals surface area contributed by atoms with Gasteiger partial charge >= 0.3 is 0 Å². The predicted molar refractivity (Wildman–Crippen MR) is 91.9 cm³/mol. The Balaban J connectivity index is 1.67. The lowest BCUT2D eigenvalue weighted by Gasteiger charge is -2.06. The molecule has 0 fully saturated rings. The molecule has 0 saturated heterocycles. The largest absolute Gasteiger partial charge is 0.325 e. The van der Waals surface area contributed by atoms with Crippen LogP contribution in [0.15, 0.2) is 54.6 Å². The van der Waals surface area contributed by atoms with E-state index in [4.69, 9.17) is 0 Å². The van der Waals surface area contributed by atoms with Gasteiger partial charge in [0.25, 0.3) is 0 Å². The van der Waals surface area contributed by atoms with Crippen molar-refractivity contribution >= 4 is 23.4 Å². The van der Waals surface area contributed by atoms with Gasteiger partial charge in [0, 0.05) is 5.69 Å². The molecule has 0 saturated carbocycles. The first kappa shape index (κ1) is 15.6. The van der Waals surface area contributed by atoms with Crippen LogP contribution >= 0.6 is 11.8 Å². The molecule has 2 aromatic carbocycles. The molecule has 0 aliphatic rings. The van der Waals surface area contributed by atoms with Gasteiger partial charge in [-0.1, -0.05) is 49.4 Å². The number of thioether (sulfide) groups is 1. The van der Waals surface area contributed by atoms with Crippen LogP contribution in [0.3, 0.4) is 0 Å². The molecule has 3 heteroatoms. The molecule has 0 radical (unpaired) electrons. The van der Waals surface area contributed by atoms with Crippen molar-refractivity contribution in [2.75, 3.05) is 16.8 Å². The Morgan fingerprint density at radius 2 is 1.71 bits per heavy atom. The van der Waals surface area contributed by atoms with E-state index in [0.717, 1.165) is 24.3 Å². The number of hydrogen-bond acceptors (Lipinski definition) is 2. The SMILES string of the molecule is CCc1ccc(NC(=O)CSCCc2ccccc2)cc1. The fraction of sp³-hybridized carbons (Fsp3) is 0.278. The Labute approximate surface area is 131 Å². The molecule has 0 bridgehead atoms. The third kappa shape index (κ3) is 5.64. The van der Waals surface area contributed by atoms with Crippen LogP contribution in [0.4, 0.5) is 5.69 Å². The van der Waals surface area contributed by atoms with Gasteiger partial charge in [0.05, 0.1) is 5.75 Å². The standard InChI is InChI=1S/C18H21NOS/c1-2-15-8-10-17(11-9-15)19-18(20)14-21-13-12-16-6-4-3-5-7-16/h3-11H,2,12-14H2,1H3,(H,19,20). The summed E-state index contributed by atoms with van der Waals surface area (Å²) in [6, 6.07) is 18.4. The number of amides is 1. The van der Waals surface area contributed by atoms with Gasteiger partial charge in [0.1, 0.15) is 0 Å². The number of anilines is 1. The number of nitrogens with one attached hydrogen (secondary N) is 1. The van der Waals surface area contributed by atoms with Crippen LogP contribution in [0.2, 0.25) is 0 Å². The van der Waals surface area contributed by atoms with Crippen LogP contribution in [0.25, 0.3) is 0 Å². The molecule has 0 atom stereocenters. The average Bonchev–Trinajstić information content (AvgIpc) is 2.53. The predicted octanol–water partition coefficient (Wildman–Crippen LogP) is 4.16. The molecule has 0 aromatic heterocycles. The van der Waals surface area contributed by atoms with E-state index < -0.39 is 0 Å². The zero-order chi connectivity index (χ0) is 14.9. The lowest BCUT2D eigenvalue weighted by atomic mass is 10.1. The summed E-state index contributed by atoms with van der Waals surface area (Å²) in [5.74, 6) is 1.53. The van der Waals surface area contributed by atoms with E-state index >= 15 is 0 Å². The number of aryl methyl sites for hydroxylation is 2. The molecule has 0 spiro atoms. The summed E-state index contributed by atoms with van der Waals surface area (Å²) in [5, 5.41) is 2.93. The highest BCUT2D eigenvalue weighted by atomic mass is 32.2. The van der Waals surface area contributed by atoms with Crippen molar-refractivity contribution in [2.45, 2.75) is 19.8 Å². The summed E-state index contributed by atoms with van der Waals surface area (Å²) in [6.45, 7) is 2.12. The maximum absolute atomic E-state index is 11.8. The van der Waals surface area contributed by atoms with Crippen molar-refractivity contribution in [3.8, 4) is 0 Å². The van der Waals surface area contributed by atoms with Crippen LogP contribution < -0.4 is 5.32 Å². The molecule has 2 nitrogen and oxygen atoms in total. The van der Waals surface area contributed by atoms with E-state index in [2.05, 4.69) is 36.5 Å². The number of carbonyl (C=O) groups is 1. The lowest BCUT2D eigenvalue weighted by Crippen LogP contribution is -2.14. The first-order chi connectivity index (χ1) is 10.3. The van der Waals surface area contributed by atoms with Gasteiger partial charge in [-0.05, 0) is 41.9 Å². The summed E-state index contributed by atoms with van der Waals surface area (Å²) >= 11 is 1.67. The Kier molecular flexibility index (Phi) is 6.35. The van der Waals surface area contributed by atoms with Crippen molar-refractivity contribution in [2.24, 2.45) is 0 Å². The second-order valence-corrected chi connectivity index (χ2v) is 5.99. The van der Waals surface area contributed by atoms with Crippen LogP contribution in [0.1, 0.15) is 18.1 Å². The maximum atomic E-state index is 11.8. The van der Waals surface area contributed by atoms with Crippen molar-refractivity contribution in [1.82, 2.24) is 0 Å². The van der Waals surface area contributed by atoms with Gasteiger partial charge in [0.15, 0.2) is 0 Å². The van der Waals surface area contributed by atoms with E-state index in [1.54, 1.807) is 11.8 Å². The monoisotopic (exact) mass is 299 g/mol. The minimum Gasteiger partial charge on any atom is -0.325 e. The first-order valence-electron chi connectivity index (χ1n) is 7.28. The molecule has 2 aromatic rings. The van der Waals surface area contributed by atoms with Gasteiger partial charge in [-0.3, -0.25) is 4.79 Å². The fourth-order valence-corrected chi connectivity index (χ4v) is 2.80. The average molecular weight is 299 g/mol. The summed E-state index contributed by atoms with van der Waals surface area (Å²) in [5.41, 5.74) is 3.48. The number of rotatable bonds is 7. The normalized spacial score (nSPS) is 10.3. The second kappa shape index (κ2) is 8.53. The van der Waals surface area contributed by atoms with E-state index in [9.17, 15) is 4.79 Å². The highest BCUT2D eigenvalue weighted by Crippen LogP contribution is 2.11. The first-order valence-corrected chi connectivity index (χ1v) is 8.44. The van der Waals surface area contributed by atoms with Crippen molar-refractivity contribution in [3.63, 3.8) is 0 Å². The molecule has 0 aliphatic heterocycles. The highest BCUT2D eigenvalue weighted by Gasteiger charge is 2.02. The highest BCUT2D eigenvalue weighted by molar-refractivity contribution is 7.99. The van der Waals surface area contributed by atoms with Crippen LogP contribution in [-0.2, 0) is 17.6 Å². The van der Waals surface area contributed by atoms with E-state index in [-0.39, 0.29) is 5.91 Å². The Bertz CT molecular complexity index is 551. The minimum atomic E-state index is 0.0670. The molecule has 0 heterocycles. The molecular weight excluding hydrogens is 278 g/mol. The molecular formula is C18H21NOS. The molecule has 110 valence electrons. The van der Waals surface area contributed by atoms with Crippen LogP contribution in [-0.4, -0.2) is 17.4 Å². The molecule has 21 heavy (non-hydrogen) atoms. The zero-order valence-corrected chi connectivity index (χ0v) is 13.2. The van der Waals surface area contributed by atoms with Crippen LogP contribution in [0, 0.1) is 0 Å². The van der Waals surface area contributed by atoms with Crippen molar-refractivity contribution in [3.05, 3.63) is 65.7 Å². The van der Waals surface area contributed by atoms with Gasteiger partial charge in [-0.15, -0.1) is 0 Å². The molecule has 2 rings (SSSR count). The number of benzene rings is 2. The van der Waals surface area contributed by atoms with Gasteiger partial charge in [-0.2, -0.15) is 11.8 Å². The van der Waals surface area contributed by atoms with Crippen molar-refractivity contribution in [1.29, 1.82) is 0 Å². The lowest BCUT2D eigenvalue weighted by molar-refractivity contribution is -0.113. The van der Waals surface area contributed by atoms with Crippen molar-refractivity contribution < 1.29 is 4.79 Å². The topological polar surface area (TPSA) is 29.1 Å². The molecule has 1 N–H and O–H groups in total. The Morgan fingerprint density at radius 1 is 1.00 bits per heavy atom. The Morgan fingerprint density at radius 3 is 2.38 bits per heavy atom. The van der Waals surface area contributed by atoms with Gasteiger partial charge in [-0.25, -0.2) is 0 Å². The zero-order valence-electron chi connectivity index (χ0n) is 12.3. The van der Waals surface area contributed by atoms with E-state index in [1.165, 1.54) is 11.1 Å². The van der Waals surface area contributed by atoms with Crippen LogP contribution in [0.5, 0.6) is 0 Å². The Hall–Kier alpha value is -1.74. The smallest absolute Gasteiger partial charge is 0.234 e. The van der Waals surface area contributed by atoms with E-state index in [1.807, 2.05) is 30.3 Å². The summed E-state index contributed by atoms with van der Waals surface area (Å²) in [7, 11) is 0. The molecule has 0 aliphatic carbocycles. The third-order valence-electron chi connectivity index (χ3n) is 3.26. The van der Waals surface area contributed by atoms with E-state index in [0.29, 0.717) is 5.75 Å².